The Morgan fingerprint density at radius 2 is 2.29 bits per heavy atom. The van der Waals surface area contributed by atoms with Gasteiger partial charge >= 0.3 is 0 Å². The lowest BCUT2D eigenvalue weighted by Crippen LogP contribution is -1.87. The third kappa shape index (κ3) is 1.19. The second kappa shape index (κ2) is 3.38. The van der Waals surface area contributed by atoms with Gasteiger partial charge in [-0.05, 0) is 12.1 Å². The molecular weight excluding hydrogens is 203 g/mol. The van der Waals surface area contributed by atoms with E-state index in [-0.39, 0.29) is 5.56 Å². The number of carbonyl (C=O) groups excluding carboxylic acids is 1. The van der Waals surface area contributed by atoms with Crippen LogP contribution in [0.3, 0.4) is 0 Å². The fourth-order valence-electron chi connectivity index (χ4n) is 1.31. The third-order valence-electron chi connectivity index (χ3n) is 2.02. The van der Waals surface area contributed by atoms with Crippen LogP contribution < -0.4 is 4.74 Å². The number of fused-ring (bicyclic) bond motifs is 1. The van der Waals surface area contributed by atoms with Gasteiger partial charge in [0, 0.05) is 10.8 Å². The van der Waals surface area contributed by atoms with Gasteiger partial charge in [-0.2, -0.15) is 0 Å². The van der Waals surface area contributed by atoms with Crippen molar-refractivity contribution >= 4 is 27.7 Å². The van der Waals surface area contributed by atoms with Crippen LogP contribution in [-0.2, 0) is 0 Å². The number of benzene rings is 1. The molecule has 0 spiro atoms. The van der Waals surface area contributed by atoms with Crippen molar-refractivity contribution in [1.82, 2.24) is 0 Å². The molecule has 14 heavy (non-hydrogen) atoms. The van der Waals surface area contributed by atoms with Gasteiger partial charge in [-0.1, -0.05) is 0 Å². The lowest BCUT2D eigenvalue weighted by molar-refractivity contribution is 0.112. The Balaban J connectivity index is 2.78. The molecule has 0 saturated heterocycles. The van der Waals surface area contributed by atoms with Gasteiger partial charge in [-0.15, -0.1) is 11.3 Å². The van der Waals surface area contributed by atoms with E-state index in [0.717, 1.165) is 0 Å². The topological polar surface area (TPSA) is 26.3 Å². The number of thiophene rings is 1. The summed E-state index contributed by atoms with van der Waals surface area (Å²) in [6.45, 7) is 0. The van der Waals surface area contributed by atoms with Gasteiger partial charge in [0.25, 0.3) is 0 Å². The minimum atomic E-state index is -0.467. The van der Waals surface area contributed by atoms with Gasteiger partial charge in [-0.25, -0.2) is 4.39 Å². The molecule has 2 aromatic rings. The molecule has 0 aliphatic carbocycles. The average Bonchev–Trinajstić information content (AvgIpc) is 2.62. The maximum Gasteiger partial charge on any atom is 0.153 e. The molecule has 2 rings (SSSR count). The van der Waals surface area contributed by atoms with Gasteiger partial charge in [0.05, 0.1) is 17.4 Å². The SMILES string of the molecule is COc1csc2c(F)c(C=O)ccc12. The number of hydrogen-bond acceptors (Lipinski definition) is 3. The number of rotatable bonds is 2. The smallest absolute Gasteiger partial charge is 0.153 e. The van der Waals surface area contributed by atoms with E-state index in [1.165, 1.54) is 24.5 Å². The van der Waals surface area contributed by atoms with Crippen molar-refractivity contribution in [2.45, 2.75) is 0 Å². The molecule has 0 aliphatic heterocycles. The minimum absolute atomic E-state index is 0.0852. The van der Waals surface area contributed by atoms with E-state index in [1.54, 1.807) is 11.4 Å². The lowest BCUT2D eigenvalue weighted by atomic mass is 10.2. The van der Waals surface area contributed by atoms with E-state index in [1.807, 2.05) is 0 Å². The Morgan fingerprint density at radius 1 is 1.50 bits per heavy atom. The highest BCUT2D eigenvalue weighted by molar-refractivity contribution is 7.17. The van der Waals surface area contributed by atoms with Crippen molar-refractivity contribution in [2.75, 3.05) is 7.11 Å². The largest absolute Gasteiger partial charge is 0.495 e. The van der Waals surface area contributed by atoms with Gasteiger partial charge in [0.15, 0.2) is 12.1 Å². The summed E-state index contributed by atoms with van der Waals surface area (Å²) in [6, 6.07) is 3.15. The first-order valence-electron chi connectivity index (χ1n) is 3.96. The third-order valence-corrected chi connectivity index (χ3v) is 2.99. The molecule has 72 valence electrons. The van der Waals surface area contributed by atoms with Crippen molar-refractivity contribution in [3.63, 3.8) is 0 Å². The highest BCUT2D eigenvalue weighted by Gasteiger charge is 2.11. The molecule has 0 saturated carbocycles. The van der Waals surface area contributed by atoms with Crippen LogP contribution in [-0.4, -0.2) is 13.4 Å². The molecule has 1 aromatic heterocycles. The highest BCUT2D eigenvalue weighted by Crippen LogP contribution is 2.34. The zero-order valence-corrected chi connectivity index (χ0v) is 8.23. The second-order valence-corrected chi connectivity index (χ2v) is 3.65. The van der Waals surface area contributed by atoms with Crippen molar-refractivity contribution in [2.24, 2.45) is 0 Å². The van der Waals surface area contributed by atoms with Crippen LogP contribution in [0.4, 0.5) is 4.39 Å². The predicted octanol–water partition coefficient (Wildman–Crippen LogP) is 2.86. The van der Waals surface area contributed by atoms with Crippen molar-refractivity contribution in [3.05, 3.63) is 28.9 Å². The maximum atomic E-state index is 13.5. The second-order valence-electron chi connectivity index (χ2n) is 2.77. The number of carbonyl (C=O) groups is 1. The fourth-order valence-corrected chi connectivity index (χ4v) is 2.27. The molecule has 0 N–H and O–H groups in total. The summed E-state index contributed by atoms with van der Waals surface area (Å²) in [7, 11) is 1.53. The Labute approximate surface area is 83.9 Å². The molecule has 1 heterocycles. The number of halogens is 1. The number of methoxy groups -OCH3 is 1. The molecule has 0 unspecified atom stereocenters. The average molecular weight is 210 g/mol. The molecule has 0 aliphatic rings. The molecular formula is C10H7FO2S. The Morgan fingerprint density at radius 3 is 2.93 bits per heavy atom. The predicted molar refractivity (Wildman–Crippen MR) is 53.7 cm³/mol. The van der Waals surface area contributed by atoms with E-state index in [4.69, 9.17) is 4.74 Å². The molecule has 0 fully saturated rings. The molecule has 0 atom stereocenters. The summed E-state index contributed by atoms with van der Waals surface area (Å²) in [6.07, 6.45) is 0.515. The van der Waals surface area contributed by atoms with Crippen LogP contribution in [0.2, 0.25) is 0 Å². The fraction of sp³-hybridized carbons (Fsp3) is 0.100. The Kier molecular flexibility index (Phi) is 2.21. The van der Waals surface area contributed by atoms with Gasteiger partial charge in [0.1, 0.15) is 5.75 Å². The molecule has 2 nitrogen and oxygen atoms in total. The molecule has 0 bridgehead atoms. The molecule has 0 radical (unpaired) electrons. The van der Waals surface area contributed by atoms with Crippen LogP contribution in [0.25, 0.3) is 10.1 Å². The summed E-state index contributed by atoms with van der Waals surface area (Å²) in [5.41, 5.74) is 0.0852. The number of ether oxygens (including phenoxy) is 1. The van der Waals surface area contributed by atoms with Crippen LogP contribution in [0.1, 0.15) is 10.4 Å². The standard InChI is InChI=1S/C10H7FO2S/c1-13-8-5-14-10-7(8)3-2-6(4-12)9(10)11/h2-5H,1H3. The van der Waals surface area contributed by atoms with Gasteiger partial charge in [-0.3, -0.25) is 4.79 Å². The normalized spacial score (nSPS) is 10.4. The zero-order valence-electron chi connectivity index (χ0n) is 7.41. The minimum Gasteiger partial charge on any atom is -0.495 e. The first-order chi connectivity index (χ1) is 6.77. The van der Waals surface area contributed by atoms with Gasteiger partial charge < -0.3 is 4.74 Å². The van der Waals surface area contributed by atoms with E-state index in [0.29, 0.717) is 22.1 Å². The van der Waals surface area contributed by atoms with E-state index in [2.05, 4.69) is 0 Å². The highest BCUT2D eigenvalue weighted by atomic mass is 32.1. The van der Waals surface area contributed by atoms with Crippen LogP contribution in [0.15, 0.2) is 17.5 Å². The summed E-state index contributed by atoms with van der Waals surface area (Å²) >= 11 is 1.24. The van der Waals surface area contributed by atoms with E-state index < -0.39 is 5.82 Å². The Hall–Kier alpha value is -1.42. The maximum absolute atomic E-state index is 13.5. The number of hydrogen-bond donors (Lipinski definition) is 0. The lowest BCUT2D eigenvalue weighted by Gasteiger charge is -1.98. The van der Waals surface area contributed by atoms with Crippen LogP contribution in [0, 0.1) is 5.82 Å². The van der Waals surface area contributed by atoms with Crippen molar-refractivity contribution in [3.8, 4) is 5.75 Å². The summed E-state index contributed by atoms with van der Waals surface area (Å²) < 4.78 is 19.1. The monoisotopic (exact) mass is 210 g/mol. The van der Waals surface area contributed by atoms with Crippen molar-refractivity contribution < 1.29 is 13.9 Å². The molecule has 0 amide bonds. The van der Waals surface area contributed by atoms with Crippen LogP contribution >= 0.6 is 11.3 Å². The Bertz CT molecular complexity index is 490. The van der Waals surface area contributed by atoms with Gasteiger partial charge in [0.2, 0.25) is 0 Å². The number of aldehydes is 1. The summed E-state index contributed by atoms with van der Waals surface area (Å²) in [5.74, 6) is 0.173. The first kappa shape index (κ1) is 9.15. The first-order valence-corrected chi connectivity index (χ1v) is 4.84. The quantitative estimate of drug-likeness (QED) is 0.712. The van der Waals surface area contributed by atoms with E-state index in [9.17, 15) is 9.18 Å². The van der Waals surface area contributed by atoms with E-state index >= 15 is 0 Å². The summed E-state index contributed by atoms with van der Waals surface area (Å²) in [5, 5.41) is 2.43. The molecule has 1 aromatic carbocycles. The van der Waals surface area contributed by atoms with Crippen molar-refractivity contribution in [1.29, 1.82) is 0 Å². The zero-order chi connectivity index (χ0) is 10.1. The molecule has 4 heteroatoms. The summed E-state index contributed by atoms with van der Waals surface area (Å²) in [4.78, 5) is 10.5. The van der Waals surface area contributed by atoms with Crippen LogP contribution in [0.5, 0.6) is 5.75 Å².